The normalized spacial score (nSPS) is 12.1. The molecule has 2 heterocycles. The van der Waals surface area contributed by atoms with E-state index in [9.17, 15) is 4.79 Å². The fourth-order valence-corrected chi connectivity index (χ4v) is 1.93. The number of carboxylic acid groups (broad SMARTS) is 1. The fraction of sp³-hybridized carbons (Fsp3) is 0.429. The van der Waals surface area contributed by atoms with Crippen LogP contribution in [0.4, 0.5) is 5.82 Å². The molecule has 2 aliphatic rings. The summed E-state index contributed by atoms with van der Waals surface area (Å²) in [6, 6.07) is -0.902. The van der Waals surface area contributed by atoms with Gasteiger partial charge in [-0.1, -0.05) is 11.6 Å². The van der Waals surface area contributed by atoms with Crippen molar-refractivity contribution in [1.82, 2.24) is 19.5 Å². The maximum absolute atomic E-state index is 10.8. The van der Waals surface area contributed by atoms with Crippen LogP contribution in [0.5, 0.6) is 0 Å². The Bertz CT molecular complexity index is 647. The smallest absolute Gasteiger partial charge is 0.320 e. The minimum absolute atomic E-state index is 0.300. The molecule has 0 bridgehead atoms. The molecule has 8 heteroatoms. The van der Waals surface area contributed by atoms with Crippen molar-refractivity contribution in [1.29, 1.82) is 0 Å². The number of aliphatic carboxylic acids is 1. The molecule has 0 amide bonds. The zero-order valence-corrected chi connectivity index (χ0v) is 12.7. The number of hydrogen-bond donors (Lipinski definition) is 3. The lowest BCUT2D eigenvalue weighted by molar-refractivity contribution is -0.138. The number of nitrogens with zero attached hydrogens (tertiary/aromatic N) is 4. The molecule has 0 saturated carbocycles. The summed E-state index contributed by atoms with van der Waals surface area (Å²) in [5.41, 5.74) is 7.39. The van der Waals surface area contributed by atoms with Crippen molar-refractivity contribution in [3.63, 3.8) is 0 Å². The largest absolute Gasteiger partial charge is 0.480 e. The van der Waals surface area contributed by atoms with E-state index in [1.165, 1.54) is 11.9 Å². The minimum atomic E-state index is -1.02. The van der Waals surface area contributed by atoms with Gasteiger partial charge in [-0.2, -0.15) is 0 Å². The molecular weight excluding hydrogens is 284 g/mol. The van der Waals surface area contributed by atoms with Gasteiger partial charge in [0.15, 0.2) is 17.3 Å². The topological polar surface area (TPSA) is 119 Å². The number of aromatic nitrogens is 4. The molecule has 4 N–H and O–H groups in total. The highest BCUT2D eigenvalue weighted by atomic mass is 16.4. The highest BCUT2D eigenvalue weighted by molar-refractivity contribution is 5.73. The fourth-order valence-electron chi connectivity index (χ4n) is 1.93. The number of carboxylic acids is 1. The van der Waals surface area contributed by atoms with Crippen LogP contribution in [0.15, 0.2) is 24.3 Å². The number of hydrogen-bond acceptors (Lipinski definition) is 6. The molecule has 0 fully saturated rings. The minimum Gasteiger partial charge on any atom is -0.480 e. The number of nitrogens with two attached hydrogens (primary N) is 1. The van der Waals surface area contributed by atoms with Crippen molar-refractivity contribution in [3.05, 3.63) is 24.3 Å². The molecule has 8 nitrogen and oxygen atoms in total. The third-order valence-corrected chi connectivity index (χ3v) is 3.18. The number of imidazole rings is 1. The summed E-state index contributed by atoms with van der Waals surface area (Å²) in [6.07, 6.45) is 5.44. The standard InChI is InChI=1S/C14H20N6O2/c1-9(2)3-5-16-12-11-13(18-7-17-11)20(8-19-12)6-4-10(15)14(21)22/h3,7-8,10,16H,4-6,15H2,1-2H3,(H,21,22)/t10-/m0/s1. The van der Waals surface area contributed by atoms with Gasteiger partial charge in [0.1, 0.15) is 12.4 Å². The van der Waals surface area contributed by atoms with Crippen molar-refractivity contribution in [2.75, 3.05) is 11.9 Å². The van der Waals surface area contributed by atoms with E-state index < -0.39 is 12.0 Å². The van der Waals surface area contributed by atoms with Gasteiger partial charge in [-0.05, 0) is 20.3 Å². The highest BCUT2D eigenvalue weighted by Crippen LogP contribution is 2.24. The van der Waals surface area contributed by atoms with Gasteiger partial charge in [-0.25, -0.2) is 15.0 Å². The Morgan fingerprint density at radius 2 is 2.23 bits per heavy atom. The van der Waals surface area contributed by atoms with Crippen molar-refractivity contribution >= 4 is 11.8 Å². The molecule has 0 aliphatic carbocycles. The molecule has 0 aromatic heterocycles. The molecule has 0 aromatic carbocycles. The monoisotopic (exact) mass is 304 g/mol. The SMILES string of the molecule is CC(C)=CCNc1ncn(CC[C@H](N)C(=O)O)c2ncnc1-2. The van der Waals surface area contributed by atoms with Crippen LogP contribution < -0.4 is 11.1 Å². The highest BCUT2D eigenvalue weighted by Gasteiger charge is 2.18. The van der Waals surface area contributed by atoms with Crippen LogP contribution in [0, 0.1) is 0 Å². The van der Waals surface area contributed by atoms with Gasteiger partial charge in [0.25, 0.3) is 0 Å². The summed E-state index contributed by atoms with van der Waals surface area (Å²) < 4.78 is 1.76. The van der Waals surface area contributed by atoms with Gasteiger partial charge in [-0.15, -0.1) is 0 Å². The van der Waals surface area contributed by atoms with E-state index >= 15 is 0 Å². The third kappa shape index (κ3) is 3.79. The van der Waals surface area contributed by atoms with E-state index in [1.807, 2.05) is 13.8 Å². The summed E-state index contributed by atoms with van der Waals surface area (Å²) in [5, 5.41) is 12.0. The van der Waals surface area contributed by atoms with E-state index in [0.29, 0.717) is 36.8 Å². The number of fused-ring (bicyclic) bond motifs is 1. The summed E-state index contributed by atoms with van der Waals surface area (Å²) in [7, 11) is 0. The zero-order chi connectivity index (χ0) is 16.1. The number of carbonyl (C=O) groups is 1. The molecule has 2 aliphatic heterocycles. The predicted molar refractivity (Wildman–Crippen MR) is 82.6 cm³/mol. The van der Waals surface area contributed by atoms with Crippen LogP contribution in [0.2, 0.25) is 0 Å². The second-order valence-corrected chi connectivity index (χ2v) is 5.23. The molecule has 22 heavy (non-hydrogen) atoms. The van der Waals surface area contributed by atoms with Crippen molar-refractivity contribution in [3.8, 4) is 11.5 Å². The molecule has 0 spiro atoms. The van der Waals surface area contributed by atoms with Crippen molar-refractivity contribution < 1.29 is 9.90 Å². The second-order valence-electron chi connectivity index (χ2n) is 5.23. The first-order valence-electron chi connectivity index (χ1n) is 7.00. The average Bonchev–Trinajstić information content (AvgIpc) is 2.95. The van der Waals surface area contributed by atoms with Crippen LogP contribution in [-0.2, 0) is 11.3 Å². The van der Waals surface area contributed by atoms with Crippen LogP contribution >= 0.6 is 0 Å². The van der Waals surface area contributed by atoms with Crippen LogP contribution in [0.1, 0.15) is 20.3 Å². The Morgan fingerprint density at radius 1 is 1.45 bits per heavy atom. The van der Waals surface area contributed by atoms with E-state index in [4.69, 9.17) is 10.8 Å². The summed E-state index contributed by atoms with van der Waals surface area (Å²) in [6.45, 7) is 5.13. The van der Waals surface area contributed by atoms with Gasteiger partial charge in [0, 0.05) is 13.1 Å². The molecule has 1 atom stereocenters. The average molecular weight is 304 g/mol. The van der Waals surface area contributed by atoms with Crippen LogP contribution in [-0.4, -0.2) is 43.2 Å². The maximum atomic E-state index is 10.8. The predicted octanol–water partition coefficient (Wildman–Crippen LogP) is 0.958. The summed E-state index contributed by atoms with van der Waals surface area (Å²) >= 11 is 0. The van der Waals surface area contributed by atoms with Crippen LogP contribution in [0.25, 0.3) is 11.5 Å². The first-order chi connectivity index (χ1) is 10.5. The van der Waals surface area contributed by atoms with E-state index in [-0.39, 0.29) is 0 Å². The number of anilines is 1. The first-order valence-corrected chi connectivity index (χ1v) is 7.00. The Hall–Kier alpha value is -2.48. The van der Waals surface area contributed by atoms with Gasteiger partial charge >= 0.3 is 5.97 Å². The Kier molecular flexibility index (Phi) is 5.05. The molecular formula is C14H20N6O2. The van der Waals surface area contributed by atoms with Gasteiger partial charge in [0.05, 0.1) is 6.33 Å². The van der Waals surface area contributed by atoms with Gasteiger partial charge < -0.3 is 20.7 Å². The first kappa shape index (κ1) is 15.9. The summed E-state index contributed by atoms with van der Waals surface area (Å²) in [5.74, 6) is 0.300. The lowest BCUT2D eigenvalue weighted by Crippen LogP contribution is -2.31. The second kappa shape index (κ2) is 6.99. The van der Waals surface area contributed by atoms with E-state index in [1.54, 1.807) is 10.9 Å². The van der Waals surface area contributed by atoms with E-state index in [2.05, 4.69) is 26.3 Å². The molecule has 0 aromatic rings. The Balaban J connectivity index is 2.12. The van der Waals surface area contributed by atoms with E-state index in [0.717, 1.165) is 0 Å². The number of nitrogens with one attached hydrogen (secondary N) is 1. The third-order valence-electron chi connectivity index (χ3n) is 3.18. The Morgan fingerprint density at radius 3 is 2.91 bits per heavy atom. The molecule has 118 valence electrons. The van der Waals surface area contributed by atoms with Crippen molar-refractivity contribution in [2.24, 2.45) is 5.73 Å². The van der Waals surface area contributed by atoms with Gasteiger partial charge in [-0.3, -0.25) is 4.79 Å². The molecule has 0 radical (unpaired) electrons. The summed E-state index contributed by atoms with van der Waals surface area (Å²) in [4.78, 5) is 23.5. The number of aryl methyl sites for hydroxylation is 1. The quantitative estimate of drug-likeness (QED) is 0.652. The maximum Gasteiger partial charge on any atom is 0.320 e. The molecule has 0 unspecified atom stereocenters. The zero-order valence-electron chi connectivity index (χ0n) is 12.7. The molecule has 2 rings (SSSR count). The number of rotatable bonds is 7. The molecule has 0 saturated heterocycles. The van der Waals surface area contributed by atoms with Crippen LogP contribution in [0.3, 0.4) is 0 Å². The Labute approximate surface area is 128 Å². The lowest BCUT2D eigenvalue weighted by Gasteiger charge is -2.14. The van der Waals surface area contributed by atoms with Gasteiger partial charge in [0.2, 0.25) is 0 Å². The van der Waals surface area contributed by atoms with Crippen molar-refractivity contribution in [2.45, 2.75) is 32.9 Å². The lowest BCUT2D eigenvalue weighted by atomic mass is 10.2. The number of allylic oxidation sites excluding steroid dienone is 1.